The zero-order chi connectivity index (χ0) is 28.6. The maximum absolute atomic E-state index is 13.0. The molecule has 2 aliphatic rings. The Hall–Kier alpha value is -2.87. The number of carboxylic acids is 1. The quantitative estimate of drug-likeness (QED) is 0.0464. The monoisotopic (exact) mass is 643 g/mol. The fourth-order valence-corrected chi connectivity index (χ4v) is 7.76. The minimum absolute atomic E-state index is 0. The minimum Gasteiger partial charge on any atom is -0.543 e. The number of fused-ring (bicyclic) bond motifs is 1. The standard InChI is InChI=1S/C22H19N7O7S4.Na/c1-36-28-13(10-7-38-21(23)24-10)16(32)25-14-18(33)29-15(20(34)35)9(5-37-19(14)29)6-39-22-27-26-17(40-22)8-2-3-11(30)12(31)4-8;/h2-4,7,14,19,30-31H,5-6H2,1H3,(H2,23,24)(H,25,32)(H,34,35);/q;+1/p-1/t14-,19-;/m1./s1. The molecule has 1 aromatic carbocycles. The molecule has 0 saturated carbocycles. The van der Waals surface area contributed by atoms with Crippen molar-refractivity contribution in [3.8, 4) is 22.1 Å². The number of aromatic nitrogens is 3. The number of hydrogen-bond donors (Lipinski definition) is 4. The third kappa shape index (κ3) is 6.32. The summed E-state index contributed by atoms with van der Waals surface area (Å²) in [5, 5.41) is 47.4. The van der Waals surface area contributed by atoms with Gasteiger partial charge in [0.1, 0.15) is 29.2 Å². The second-order valence-corrected chi connectivity index (χ2v) is 12.4. The molecular weight excluding hydrogens is 626 g/mol. The van der Waals surface area contributed by atoms with Crippen LogP contribution in [0.5, 0.6) is 11.5 Å². The van der Waals surface area contributed by atoms with E-state index < -0.39 is 29.2 Å². The summed E-state index contributed by atoms with van der Waals surface area (Å²) >= 11 is 4.86. The maximum atomic E-state index is 13.0. The van der Waals surface area contributed by atoms with E-state index in [4.69, 9.17) is 10.6 Å². The number of amides is 2. The number of phenolic OH excluding ortho intramolecular Hbond substituents is 2. The van der Waals surface area contributed by atoms with Gasteiger partial charge in [0.05, 0.1) is 11.7 Å². The van der Waals surface area contributed by atoms with E-state index >= 15 is 0 Å². The Bertz CT molecular complexity index is 1580. The Kier molecular flexibility index (Phi) is 9.83. The summed E-state index contributed by atoms with van der Waals surface area (Å²) in [5.74, 6) is -2.90. The number of carboxylic acid groups (broad SMARTS) is 1. The van der Waals surface area contributed by atoms with Crippen molar-refractivity contribution in [1.29, 1.82) is 0 Å². The number of β-lactam (4-membered cyclic amide) rings is 1. The van der Waals surface area contributed by atoms with Gasteiger partial charge in [0.2, 0.25) is 0 Å². The van der Waals surface area contributed by atoms with Crippen molar-refractivity contribution in [2.75, 3.05) is 24.3 Å². The summed E-state index contributed by atoms with van der Waals surface area (Å²) < 4.78 is 0.535. The van der Waals surface area contributed by atoms with Gasteiger partial charge in [-0.2, -0.15) is 0 Å². The van der Waals surface area contributed by atoms with E-state index in [-0.39, 0.29) is 74.8 Å². The number of hydrogen-bond acceptors (Lipinski definition) is 16. The van der Waals surface area contributed by atoms with E-state index in [0.717, 1.165) is 16.2 Å². The number of nitrogens with one attached hydrogen (secondary N) is 1. The van der Waals surface area contributed by atoms with Crippen LogP contribution in [-0.4, -0.2) is 83.8 Å². The first-order valence-corrected chi connectivity index (χ1v) is 14.9. The van der Waals surface area contributed by atoms with Gasteiger partial charge >= 0.3 is 29.6 Å². The van der Waals surface area contributed by atoms with E-state index in [1.165, 1.54) is 59.5 Å². The molecule has 2 amide bonds. The summed E-state index contributed by atoms with van der Waals surface area (Å²) in [6.07, 6.45) is 0. The number of anilines is 1. The third-order valence-corrected chi connectivity index (χ3v) is 9.89. The van der Waals surface area contributed by atoms with Crippen molar-refractivity contribution in [1.82, 2.24) is 25.4 Å². The largest absolute Gasteiger partial charge is 1.00 e. The molecule has 0 unspecified atom stereocenters. The van der Waals surface area contributed by atoms with Crippen molar-refractivity contribution < 1.29 is 64.1 Å². The van der Waals surface area contributed by atoms with Crippen LogP contribution in [0.1, 0.15) is 5.69 Å². The van der Waals surface area contributed by atoms with Gasteiger partial charge in [0, 0.05) is 22.4 Å². The summed E-state index contributed by atoms with van der Waals surface area (Å²) in [4.78, 5) is 47.8. The van der Waals surface area contributed by atoms with Gasteiger partial charge in [-0.3, -0.25) is 14.5 Å². The van der Waals surface area contributed by atoms with Crippen LogP contribution < -0.4 is 45.7 Å². The Morgan fingerprint density at radius 2 is 2.10 bits per heavy atom. The summed E-state index contributed by atoms with van der Waals surface area (Å²) in [6.45, 7) is 0. The van der Waals surface area contributed by atoms with Crippen molar-refractivity contribution in [2.24, 2.45) is 5.16 Å². The average Bonchev–Trinajstić information content (AvgIpc) is 3.59. The third-order valence-electron chi connectivity index (χ3n) is 5.69. The number of oxime groups is 1. The fraction of sp³-hybridized carbons (Fsp3) is 0.227. The van der Waals surface area contributed by atoms with E-state index in [1.54, 1.807) is 6.07 Å². The van der Waals surface area contributed by atoms with Crippen LogP contribution >= 0.6 is 46.2 Å². The Labute approximate surface area is 270 Å². The molecule has 208 valence electrons. The molecule has 14 nitrogen and oxygen atoms in total. The van der Waals surface area contributed by atoms with Crippen LogP contribution in [0.3, 0.4) is 0 Å². The van der Waals surface area contributed by atoms with Gasteiger partial charge in [0.15, 0.2) is 26.7 Å². The van der Waals surface area contributed by atoms with Crippen LogP contribution in [0.4, 0.5) is 5.13 Å². The molecule has 2 atom stereocenters. The Morgan fingerprint density at radius 3 is 2.76 bits per heavy atom. The van der Waals surface area contributed by atoms with Crippen molar-refractivity contribution in [3.05, 3.63) is 40.5 Å². The molecule has 0 radical (unpaired) electrons. The molecule has 2 aliphatic heterocycles. The van der Waals surface area contributed by atoms with Gasteiger partial charge in [-0.25, -0.2) is 4.98 Å². The molecule has 1 saturated heterocycles. The van der Waals surface area contributed by atoms with Crippen LogP contribution in [0.2, 0.25) is 0 Å². The molecule has 0 spiro atoms. The number of phenols is 2. The number of thioether (sulfide) groups is 2. The molecule has 2 aromatic heterocycles. The Morgan fingerprint density at radius 1 is 1.32 bits per heavy atom. The van der Waals surface area contributed by atoms with Crippen LogP contribution in [0.25, 0.3) is 10.6 Å². The van der Waals surface area contributed by atoms with Crippen molar-refractivity contribution >= 4 is 74.8 Å². The number of benzene rings is 1. The normalized spacial score (nSPS) is 18.3. The van der Waals surface area contributed by atoms with Gasteiger partial charge < -0.3 is 36.0 Å². The van der Waals surface area contributed by atoms with E-state index in [2.05, 4.69) is 25.7 Å². The first-order chi connectivity index (χ1) is 19.2. The number of carbonyl (C=O) groups excluding carboxylic acids is 3. The first kappa shape index (κ1) is 31.1. The predicted octanol–water partition coefficient (Wildman–Crippen LogP) is -2.79. The van der Waals surface area contributed by atoms with E-state index in [0.29, 0.717) is 20.5 Å². The summed E-state index contributed by atoms with van der Waals surface area (Å²) in [5.41, 5.74) is 6.43. The number of aromatic hydroxyl groups is 2. The van der Waals surface area contributed by atoms with Crippen molar-refractivity contribution in [3.63, 3.8) is 0 Å². The zero-order valence-corrected chi connectivity index (χ0v) is 26.5. The van der Waals surface area contributed by atoms with Crippen LogP contribution in [0.15, 0.2) is 44.3 Å². The molecule has 19 heteroatoms. The molecule has 4 heterocycles. The van der Waals surface area contributed by atoms with Crippen molar-refractivity contribution in [2.45, 2.75) is 15.8 Å². The van der Waals surface area contributed by atoms with E-state index in [1.807, 2.05) is 0 Å². The SMILES string of the molecule is CON=C(C(=O)N[C@@H]1C(=O)N2C(C(=O)[O-])=C(CSc3nnc(-c4ccc(O)c(O)c4)s3)CS[C@H]12)c1csc(N)n1.[Na+]. The number of thiazole rings is 1. The molecule has 3 aromatic rings. The number of aliphatic carboxylic acids is 1. The minimum atomic E-state index is -1.50. The number of nitrogens with zero attached hydrogens (tertiary/aromatic N) is 5. The average molecular weight is 644 g/mol. The van der Waals surface area contributed by atoms with Gasteiger partial charge in [0.25, 0.3) is 11.8 Å². The molecule has 0 aliphatic carbocycles. The molecule has 0 bridgehead atoms. The van der Waals surface area contributed by atoms with Gasteiger partial charge in [-0.1, -0.05) is 28.3 Å². The predicted molar refractivity (Wildman–Crippen MR) is 147 cm³/mol. The zero-order valence-electron chi connectivity index (χ0n) is 21.3. The number of nitrogen functional groups attached to an aromatic ring is 1. The second-order valence-electron chi connectivity index (χ2n) is 8.16. The van der Waals surface area contributed by atoms with Crippen LogP contribution in [-0.2, 0) is 19.2 Å². The molecular formula is C22H18N7NaO7S4. The number of rotatable bonds is 9. The Balaban J connectivity index is 0.00000387. The maximum Gasteiger partial charge on any atom is 1.00 e. The van der Waals surface area contributed by atoms with Crippen LogP contribution in [0, 0.1) is 0 Å². The molecule has 1 fully saturated rings. The smallest absolute Gasteiger partial charge is 0.543 e. The first-order valence-electron chi connectivity index (χ1n) is 11.2. The molecule has 5 rings (SSSR count). The summed E-state index contributed by atoms with van der Waals surface area (Å²) in [6, 6.07) is 3.29. The number of carbonyl (C=O) groups is 3. The summed E-state index contributed by atoms with van der Waals surface area (Å²) in [7, 11) is 1.26. The molecule has 5 N–H and O–H groups in total. The second kappa shape index (κ2) is 13.0. The fourth-order valence-electron chi connectivity index (χ4n) is 3.87. The van der Waals surface area contributed by atoms with Gasteiger partial charge in [-0.15, -0.1) is 33.3 Å². The number of nitrogens with two attached hydrogens (primary N) is 1. The van der Waals surface area contributed by atoms with Gasteiger partial charge in [-0.05, 0) is 23.8 Å². The van der Waals surface area contributed by atoms with E-state index in [9.17, 15) is 29.7 Å². The topological polar surface area (TPSA) is 216 Å². The molecule has 41 heavy (non-hydrogen) atoms.